The average molecular weight is 311 g/mol. The fourth-order valence-corrected chi connectivity index (χ4v) is 3.18. The number of carbonyl (C=O) groups excluding carboxylic acids is 1. The Balaban J connectivity index is 1.94. The number of benzene rings is 2. The first-order chi connectivity index (χ1) is 11.1. The predicted octanol–water partition coefficient (Wildman–Crippen LogP) is 3.23. The number of para-hydroxylation sites is 1. The summed E-state index contributed by atoms with van der Waals surface area (Å²) in [6, 6.07) is 15.1. The average Bonchev–Trinajstić information content (AvgIpc) is 2.78. The van der Waals surface area contributed by atoms with Gasteiger partial charge in [0.05, 0.1) is 19.3 Å². The molecule has 0 aromatic heterocycles. The van der Waals surface area contributed by atoms with Gasteiger partial charge in [-0.1, -0.05) is 43.7 Å². The summed E-state index contributed by atoms with van der Waals surface area (Å²) in [5.74, 6) is 0.542. The molecule has 0 radical (unpaired) electrons. The molecule has 0 saturated heterocycles. The third-order valence-corrected chi connectivity index (χ3v) is 4.35. The lowest BCUT2D eigenvalue weighted by Crippen LogP contribution is -2.39. The van der Waals surface area contributed by atoms with Crippen molar-refractivity contribution in [3.05, 3.63) is 59.7 Å². The van der Waals surface area contributed by atoms with Gasteiger partial charge in [-0.25, -0.2) is 0 Å². The maximum absolute atomic E-state index is 12.9. The summed E-state index contributed by atoms with van der Waals surface area (Å²) in [5, 5.41) is 10.9. The Labute approximate surface area is 136 Å². The summed E-state index contributed by atoms with van der Waals surface area (Å²) in [4.78, 5) is 14.5. The van der Waals surface area contributed by atoms with Crippen LogP contribution in [0.25, 0.3) is 0 Å². The summed E-state index contributed by atoms with van der Waals surface area (Å²) in [6.45, 7) is 2.41. The molecule has 1 heterocycles. The second-order valence-corrected chi connectivity index (χ2v) is 5.87. The van der Waals surface area contributed by atoms with E-state index in [-0.39, 0.29) is 5.91 Å². The van der Waals surface area contributed by atoms with Crippen molar-refractivity contribution in [2.45, 2.75) is 31.9 Å². The van der Waals surface area contributed by atoms with E-state index in [1.54, 1.807) is 12.0 Å². The second-order valence-electron chi connectivity index (χ2n) is 5.87. The van der Waals surface area contributed by atoms with Gasteiger partial charge in [0.15, 0.2) is 5.60 Å². The highest BCUT2D eigenvalue weighted by Gasteiger charge is 2.48. The number of anilines is 1. The predicted molar refractivity (Wildman–Crippen MR) is 89.4 cm³/mol. The molecule has 1 atom stereocenters. The number of amides is 1. The van der Waals surface area contributed by atoms with Crippen LogP contribution < -0.4 is 9.64 Å². The van der Waals surface area contributed by atoms with Crippen LogP contribution in [0.1, 0.15) is 30.9 Å². The Morgan fingerprint density at radius 2 is 1.83 bits per heavy atom. The molecule has 0 bridgehead atoms. The second kappa shape index (κ2) is 6.05. The minimum atomic E-state index is -1.40. The Bertz CT molecular complexity index is 711. The molecule has 0 fully saturated rings. The van der Waals surface area contributed by atoms with E-state index in [1.807, 2.05) is 55.5 Å². The van der Waals surface area contributed by atoms with Gasteiger partial charge in [0.25, 0.3) is 5.91 Å². The number of rotatable bonds is 5. The van der Waals surface area contributed by atoms with Crippen LogP contribution in [-0.4, -0.2) is 18.1 Å². The molecule has 0 saturated carbocycles. The number of hydrogen-bond donors (Lipinski definition) is 1. The molecule has 0 aliphatic carbocycles. The summed E-state index contributed by atoms with van der Waals surface area (Å²) < 4.78 is 5.16. The molecule has 4 heteroatoms. The lowest BCUT2D eigenvalue weighted by molar-refractivity contribution is -0.137. The number of hydrogen-bond acceptors (Lipinski definition) is 3. The molecule has 2 aromatic rings. The largest absolute Gasteiger partial charge is 0.497 e. The fraction of sp³-hybridized carbons (Fsp3) is 0.316. The molecule has 1 N–H and O–H groups in total. The molecule has 23 heavy (non-hydrogen) atoms. The van der Waals surface area contributed by atoms with Crippen LogP contribution in [0, 0.1) is 0 Å². The van der Waals surface area contributed by atoms with Gasteiger partial charge in [-0.2, -0.15) is 0 Å². The Morgan fingerprint density at radius 3 is 2.48 bits per heavy atom. The van der Waals surface area contributed by atoms with E-state index < -0.39 is 5.60 Å². The van der Waals surface area contributed by atoms with Crippen molar-refractivity contribution in [1.29, 1.82) is 0 Å². The van der Waals surface area contributed by atoms with Crippen molar-refractivity contribution in [3.8, 4) is 5.75 Å². The number of ether oxygens (including phenoxy) is 1. The van der Waals surface area contributed by atoms with Crippen LogP contribution in [-0.2, 0) is 16.9 Å². The molecule has 4 nitrogen and oxygen atoms in total. The first-order valence-corrected chi connectivity index (χ1v) is 7.87. The number of methoxy groups -OCH3 is 1. The van der Waals surface area contributed by atoms with Crippen LogP contribution in [0.2, 0.25) is 0 Å². The van der Waals surface area contributed by atoms with E-state index in [2.05, 4.69) is 0 Å². The maximum Gasteiger partial charge on any atom is 0.263 e. The molecule has 120 valence electrons. The van der Waals surface area contributed by atoms with Crippen LogP contribution in [0.4, 0.5) is 5.69 Å². The molecule has 1 aliphatic heterocycles. The Kier molecular flexibility index (Phi) is 4.09. The van der Waals surface area contributed by atoms with Crippen LogP contribution in [0.3, 0.4) is 0 Å². The van der Waals surface area contributed by atoms with E-state index in [0.717, 1.165) is 23.4 Å². The quantitative estimate of drug-likeness (QED) is 0.922. The highest BCUT2D eigenvalue weighted by Crippen LogP contribution is 2.43. The lowest BCUT2D eigenvalue weighted by atomic mass is 9.91. The van der Waals surface area contributed by atoms with E-state index in [0.29, 0.717) is 18.5 Å². The number of carbonyl (C=O) groups is 1. The van der Waals surface area contributed by atoms with E-state index >= 15 is 0 Å². The molecule has 1 unspecified atom stereocenters. The summed E-state index contributed by atoms with van der Waals surface area (Å²) in [7, 11) is 1.63. The fourth-order valence-electron chi connectivity index (χ4n) is 3.18. The Morgan fingerprint density at radius 1 is 1.13 bits per heavy atom. The number of nitrogens with zero attached hydrogens (tertiary/aromatic N) is 1. The number of aliphatic hydroxyl groups is 1. The summed E-state index contributed by atoms with van der Waals surface area (Å²) in [5.41, 5.74) is 1.09. The van der Waals surface area contributed by atoms with Gasteiger partial charge < -0.3 is 14.7 Å². The van der Waals surface area contributed by atoms with Crippen molar-refractivity contribution in [1.82, 2.24) is 0 Å². The van der Waals surface area contributed by atoms with Crippen LogP contribution >= 0.6 is 0 Å². The monoisotopic (exact) mass is 311 g/mol. The first kappa shape index (κ1) is 15.6. The molecule has 3 rings (SSSR count). The van der Waals surface area contributed by atoms with Crippen LogP contribution in [0.15, 0.2) is 48.5 Å². The van der Waals surface area contributed by atoms with E-state index in [1.165, 1.54) is 0 Å². The third kappa shape index (κ3) is 2.59. The summed E-state index contributed by atoms with van der Waals surface area (Å²) >= 11 is 0. The highest BCUT2D eigenvalue weighted by atomic mass is 16.5. The van der Waals surface area contributed by atoms with Crippen molar-refractivity contribution < 1.29 is 14.6 Å². The zero-order valence-electron chi connectivity index (χ0n) is 13.5. The zero-order chi connectivity index (χ0) is 16.4. The van der Waals surface area contributed by atoms with Gasteiger partial charge in [-0.05, 0) is 30.2 Å². The van der Waals surface area contributed by atoms with Crippen molar-refractivity contribution in [2.24, 2.45) is 0 Å². The van der Waals surface area contributed by atoms with Gasteiger partial charge in [0, 0.05) is 5.56 Å². The van der Waals surface area contributed by atoms with Crippen molar-refractivity contribution in [2.75, 3.05) is 12.0 Å². The summed E-state index contributed by atoms with van der Waals surface area (Å²) in [6.07, 6.45) is 1.18. The zero-order valence-corrected chi connectivity index (χ0v) is 13.5. The molecular weight excluding hydrogens is 290 g/mol. The van der Waals surface area contributed by atoms with Gasteiger partial charge in [-0.3, -0.25) is 4.79 Å². The van der Waals surface area contributed by atoms with E-state index in [9.17, 15) is 9.90 Å². The highest BCUT2D eigenvalue weighted by molar-refractivity contribution is 6.06. The third-order valence-electron chi connectivity index (χ3n) is 4.35. The maximum atomic E-state index is 12.9. The Hall–Kier alpha value is -2.33. The van der Waals surface area contributed by atoms with Crippen LogP contribution in [0.5, 0.6) is 5.75 Å². The molecule has 1 amide bonds. The number of fused-ring (bicyclic) bond motifs is 1. The smallest absolute Gasteiger partial charge is 0.263 e. The van der Waals surface area contributed by atoms with Crippen molar-refractivity contribution >= 4 is 11.6 Å². The first-order valence-electron chi connectivity index (χ1n) is 7.87. The molecule has 0 spiro atoms. The van der Waals surface area contributed by atoms with E-state index in [4.69, 9.17) is 4.74 Å². The lowest BCUT2D eigenvalue weighted by Gasteiger charge is -2.22. The van der Waals surface area contributed by atoms with Gasteiger partial charge in [-0.15, -0.1) is 0 Å². The topological polar surface area (TPSA) is 49.8 Å². The standard InChI is InChI=1S/C19H21NO3/c1-3-12-19(22)16-6-4-5-7-17(16)20(18(19)21)13-14-8-10-15(23-2)11-9-14/h4-11,22H,3,12-13H2,1-2H3. The van der Waals surface area contributed by atoms with Gasteiger partial charge >= 0.3 is 0 Å². The molecule has 2 aromatic carbocycles. The van der Waals surface area contributed by atoms with Gasteiger partial charge in [0.2, 0.25) is 0 Å². The van der Waals surface area contributed by atoms with Crippen molar-refractivity contribution in [3.63, 3.8) is 0 Å². The SMILES string of the molecule is CCCC1(O)C(=O)N(Cc2ccc(OC)cc2)c2ccccc21. The minimum Gasteiger partial charge on any atom is -0.497 e. The molecule has 1 aliphatic rings. The van der Waals surface area contributed by atoms with Gasteiger partial charge in [0.1, 0.15) is 5.75 Å². The molecular formula is C19H21NO3. The minimum absolute atomic E-state index is 0.239. The normalized spacial score (nSPS) is 19.8.